The van der Waals surface area contributed by atoms with Gasteiger partial charge in [-0.1, -0.05) is 24.0 Å². The van der Waals surface area contributed by atoms with E-state index in [0.717, 1.165) is 49.7 Å². The van der Waals surface area contributed by atoms with E-state index in [4.69, 9.17) is 10.5 Å². The van der Waals surface area contributed by atoms with Crippen LogP contribution in [0.4, 0.5) is 5.69 Å². The molecule has 22 heavy (non-hydrogen) atoms. The van der Waals surface area contributed by atoms with E-state index in [0.29, 0.717) is 0 Å². The zero-order chi connectivity index (χ0) is 15.2. The van der Waals surface area contributed by atoms with E-state index >= 15 is 0 Å². The van der Waals surface area contributed by atoms with Gasteiger partial charge in [0.25, 0.3) is 0 Å². The molecule has 2 aromatic rings. The van der Waals surface area contributed by atoms with Crippen LogP contribution in [0.25, 0.3) is 0 Å². The van der Waals surface area contributed by atoms with Crippen molar-refractivity contribution in [2.75, 3.05) is 32.0 Å². The molecule has 1 saturated heterocycles. The molecule has 0 aromatic heterocycles. The third-order valence-corrected chi connectivity index (χ3v) is 3.73. The molecule has 0 radical (unpaired) electrons. The van der Waals surface area contributed by atoms with E-state index < -0.39 is 0 Å². The number of nitrogens with two attached hydrogens (primary N) is 1. The van der Waals surface area contributed by atoms with Crippen LogP contribution in [0.5, 0.6) is 0 Å². The predicted molar refractivity (Wildman–Crippen MR) is 89.4 cm³/mol. The molecule has 1 heterocycles. The predicted octanol–water partition coefficient (Wildman–Crippen LogP) is 2.50. The molecule has 0 spiro atoms. The Bertz CT molecular complexity index is 659. The lowest BCUT2D eigenvalue weighted by atomic mass is 10.1. The summed E-state index contributed by atoms with van der Waals surface area (Å²) in [5, 5.41) is 0. The van der Waals surface area contributed by atoms with Gasteiger partial charge < -0.3 is 10.5 Å². The minimum atomic E-state index is 0.762. The lowest BCUT2D eigenvalue weighted by Gasteiger charge is -2.26. The van der Waals surface area contributed by atoms with Crippen LogP contribution < -0.4 is 5.73 Å². The molecule has 0 unspecified atom stereocenters. The topological polar surface area (TPSA) is 38.5 Å². The first kappa shape index (κ1) is 14.6. The summed E-state index contributed by atoms with van der Waals surface area (Å²) in [6.07, 6.45) is 0. The molecular weight excluding hydrogens is 272 g/mol. The van der Waals surface area contributed by atoms with Crippen LogP contribution in [0.15, 0.2) is 48.5 Å². The van der Waals surface area contributed by atoms with Gasteiger partial charge in [-0.2, -0.15) is 0 Å². The van der Waals surface area contributed by atoms with Crippen molar-refractivity contribution in [3.05, 3.63) is 65.2 Å². The van der Waals surface area contributed by atoms with Gasteiger partial charge >= 0.3 is 0 Å². The molecule has 0 saturated carbocycles. The SMILES string of the molecule is Nc1ccc(C#Cc2ccc(CN3CCOCC3)cc2)cc1. The minimum Gasteiger partial charge on any atom is -0.399 e. The van der Waals surface area contributed by atoms with Crippen LogP contribution >= 0.6 is 0 Å². The maximum absolute atomic E-state index is 5.67. The fraction of sp³-hybridized carbons (Fsp3) is 0.263. The zero-order valence-electron chi connectivity index (χ0n) is 12.6. The van der Waals surface area contributed by atoms with E-state index in [1.807, 2.05) is 24.3 Å². The Balaban J connectivity index is 1.63. The molecule has 2 aromatic carbocycles. The van der Waals surface area contributed by atoms with Crippen LogP contribution in [0, 0.1) is 11.8 Å². The first-order chi connectivity index (χ1) is 10.8. The summed E-state index contributed by atoms with van der Waals surface area (Å²) in [6, 6.07) is 16.1. The molecule has 1 aliphatic heterocycles. The number of hydrogen-bond donors (Lipinski definition) is 1. The second-order valence-electron chi connectivity index (χ2n) is 5.46. The Kier molecular flexibility index (Phi) is 4.75. The van der Waals surface area contributed by atoms with Crippen molar-refractivity contribution in [3.8, 4) is 11.8 Å². The van der Waals surface area contributed by atoms with E-state index in [9.17, 15) is 0 Å². The van der Waals surface area contributed by atoms with Crippen molar-refractivity contribution < 1.29 is 4.74 Å². The van der Waals surface area contributed by atoms with Gasteiger partial charge in [0, 0.05) is 36.4 Å². The lowest BCUT2D eigenvalue weighted by molar-refractivity contribution is 0.0342. The number of hydrogen-bond acceptors (Lipinski definition) is 3. The van der Waals surface area contributed by atoms with Crippen molar-refractivity contribution >= 4 is 5.69 Å². The minimum absolute atomic E-state index is 0.762. The molecule has 0 bridgehead atoms. The van der Waals surface area contributed by atoms with Crippen LogP contribution in [0.3, 0.4) is 0 Å². The fourth-order valence-corrected chi connectivity index (χ4v) is 2.42. The monoisotopic (exact) mass is 292 g/mol. The summed E-state index contributed by atoms with van der Waals surface area (Å²) >= 11 is 0. The van der Waals surface area contributed by atoms with Gasteiger partial charge in [0.2, 0.25) is 0 Å². The highest BCUT2D eigenvalue weighted by Crippen LogP contribution is 2.09. The standard InChI is InChI=1S/C19H20N2O/c20-19-9-7-17(8-10-19)2-1-16-3-5-18(6-4-16)15-21-11-13-22-14-12-21/h3-10H,11-15,20H2. The first-order valence-corrected chi connectivity index (χ1v) is 7.56. The summed E-state index contributed by atoms with van der Waals surface area (Å²) in [4.78, 5) is 2.42. The van der Waals surface area contributed by atoms with Gasteiger partial charge in [0.15, 0.2) is 0 Å². The van der Waals surface area contributed by atoms with E-state index in [2.05, 4.69) is 41.0 Å². The van der Waals surface area contributed by atoms with Crippen molar-refractivity contribution in [1.82, 2.24) is 4.90 Å². The summed E-state index contributed by atoms with van der Waals surface area (Å²) < 4.78 is 5.37. The number of morpholine rings is 1. The van der Waals surface area contributed by atoms with Gasteiger partial charge in [-0.15, -0.1) is 0 Å². The Morgan fingerprint density at radius 1 is 0.864 bits per heavy atom. The van der Waals surface area contributed by atoms with Crippen molar-refractivity contribution in [2.24, 2.45) is 0 Å². The smallest absolute Gasteiger partial charge is 0.0594 e. The Morgan fingerprint density at radius 3 is 2.00 bits per heavy atom. The normalized spacial score (nSPS) is 15.1. The highest BCUT2D eigenvalue weighted by molar-refractivity contribution is 5.47. The van der Waals surface area contributed by atoms with Gasteiger partial charge in [-0.25, -0.2) is 0 Å². The molecule has 112 valence electrons. The number of benzene rings is 2. The Morgan fingerprint density at radius 2 is 1.41 bits per heavy atom. The number of ether oxygens (including phenoxy) is 1. The lowest BCUT2D eigenvalue weighted by Crippen LogP contribution is -2.35. The molecular formula is C19H20N2O. The summed E-state index contributed by atoms with van der Waals surface area (Å²) in [5.74, 6) is 6.34. The number of rotatable bonds is 2. The highest BCUT2D eigenvalue weighted by atomic mass is 16.5. The molecule has 1 aliphatic rings. The number of nitrogen functional groups attached to an aromatic ring is 1. The Hall–Kier alpha value is -2.28. The van der Waals surface area contributed by atoms with Gasteiger partial charge in [-0.3, -0.25) is 4.90 Å². The van der Waals surface area contributed by atoms with Gasteiger partial charge in [0.1, 0.15) is 0 Å². The van der Waals surface area contributed by atoms with Crippen molar-refractivity contribution in [1.29, 1.82) is 0 Å². The molecule has 0 amide bonds. The quantitative estimate of drug-likeness (QED) is 0.683. The summed E-state index contributed by atoms with van der Waals surface area (Å²) in [7, 11) is 0. The first-order valence-electron chi connectivity index (χ1n) is 7.56. The molecule has 0 aliphatic carbocycles. The van der Waals surface area contributed by atoms with Gasteiger partial charge in [-0.05, 0) is 42.0 Å². The molecule has 3 nitrogen and oxygen atoms in total. The van der Waals surface area contributed by atoms with Crippen LogP contribution in [0.1, 0.15) is 16.7 Å². The molecule has 3 heteroatoms. The van der Waals surface area contributed by atoms with Gasteiger partial charge in [0.05, 0.1) is 13.2 Å². The van der Waals surface area contributed by atoms with Crippen molar-refractivity contribution in [2.45, 2.75) is 6.54 Å². The maximum atomic E-state index is 5.67. The van der Waals surface area contributed by atoms with E-state index in [1.54, 1.807) is 0 Å². The van der Waals surface area contributed by atoms with E-state index in [1.165, 1.54) is 5.56 Å². The fourth-order valence-electron chi connectivity index (χ4n) is 2.42. The third-order valence-electron chi connectivity index (χ3n) is 3.73. The number of nitrogens with zero attached hydrogens (tertiary/aromatic N) is 1. The molecule has 2 N–H and O–H groups in total. The summed E-state index contributed by atoms with van der Waals surface area (Å²) in [6.45, 7) is 4.68. The van der Waals surface area contributed by atoms with Crippen LogP contribution in [0.2, 0.25) is 0 Å². The van der Waals surface area contributed by atoms with E-state index in [-0.39, 0.29) is 0 Å². The van der Waals surface area contributed by atoms with Crippen molar-refractivity contribution in [3.63, 3.8) is 0 Å². The second kappa shape index (κ2) is 7.13. The number of anilines is 1. The maximum Gasteiger partial charge on any atom is 0.0594 e. The average Bonchev–Trinajstić information content (AvgIpc) is 2.57. The third kappa shape index (κ3) is 4.11. The molecule has 3 rings (SSSR count). The largest absolute Gasteiger partial charge is 0.399 e. The van der Waals surface area contributed by atoms with Crippen LogP contribution in [-0.2, 0) is 11.3 Å². The molecule has 1 fully saturated rings. The molecule has 0 atom stereocenters. The highest BCUT2D eigenvalue weighted by Gasteiger charge is 2.10. The summed E-state index contributed by atoms with van der Waals surface area (Å²) in [5.41, 5.74) is 9.76. The van der Waals surface area contributed by atoms with Crippen LogP contribution in [-0.4, -0.2) is 31.2 Å². The second-order valence-corrected chi connectivity index (χ2v) is 5.46. The average molecular weight is 292 g/mol. The Labute approximate surface area is 131 Å². The zero-order valence-corrected chi connectivity index (χ0v) is 12.6.